The van der Waals surface area contributed by atoms with Crippen LogP contribution < -0.4 is 9.75 Å². The molecule has 2 aromatic carbocycles. The van der Waals surface area contributed by atoms with Gasteiger partial charge >= 0.3 is 5.97 Å². The Hall–Kier alpha value is -3.55. The SMILES string of the molecule is CCOC(=O)COc1ccc(N(N=C=O)c2cc3cc(/C=N/SC)ccc3o2)cc1. The molecule has 0 aliphatic carbocycles. The Morgan fingerprint density at radius 2 is 2.03 bits per heavy atom. The summed E-state index contributed by atoms with van der Waals surface area (Å²) in [5, 5.41) is 5.92. The zero-order valence-corrected chi connectivity index (χ0v) is 17.2. The van der Waals surface area contributed by atoms with Crippen LogP contribution in [-0.2, 0) is 14.3 Å². The number of anilines is 2. The number of carbonyl (C=O) groups excluding carboxylic acids is 2. The third kappa shape index (κ3) is 5.28. The molecule has 0 saturated heterocycles. The van der Waals surface area contributed by atoms with Crippen LogP contribution in [0.4, 0.5) is 11.6 Å². The molecule has 0 aliphatic heterocycles. The van der Waals surface area contributed by atoms with Crippen LogP contribution in [0.5, 0.6) is 5.75 Å². The number of benzene rings is 2. The van der Waals surface area contributed by atoms with E-state index >= 15 is 0 Å². The van der Waals surface area contributed by atoms with E-state index in [-0.39, 0.29) is 6.61 Å². The molecular formula is C21H19N3O5S. The Bertz CT molecular complexity index is 1090. The lowest BCUT2D eigenvalue weighted by Gasteiger charge is -2.14. The molecule has 0 bridgehead atoms. The molecular weight excluding hydrogens is 406 g/mol. The molecule has 3 rings (SSSR count). The van der Waals surface area contributed by atoms with Gasteiger partial charge in [-0.15, -0.1) is 0 Å². The van der Waals surface area contributed by atoms with Gasteiger partial charge in [-0.05, 0) is 66.9 Å². The van der Waals surface area contributed by atoms with E-state index in [1.807, 2.05) is 24.5 Å². The first-order chi connectivity index (χ1) is 14.6. The lowest BCUT2D eigenvalue weighted by Crippen LogP contribution is -2.14. The first-order valence-corrected chi connectivity index (χ1v) is 10.2. The van der Waals surface area contributed by atoms with Gasteiger partial charge in [0, 0.05) is 23.9 Å². The van der Waals surface area contributed by atoms with E-state index in [9.17, 15) is 9.59 Å². The van der Waals surface area contributed by atoms with Crippen LogP contribution in [0.15, 0.2) is 62.4 Å². The molecule has 0 aliphatic rings. The Morgan fingerprint density at radius 3 is 2.73 bits per heavy atom. The molecule has 1 aromatic heterocycles. The van der Waals surface area contributed by atoms with Crippen molar-refractivity contribution in [1.29, 1.82) is 0 Å². The zero-order valence-electron chi connectivity index (χ0n) is 16.4. The summed E-state index contributed by atoms with van der Waals surface area (Å²) in [6, 6.07) is 14.1. The maximum Gasteiger partial charge on any atom is 0.344 e. The predicted molar refractivity (Wildman–Crippen MR) is 116 cm³/mol. The van der Waals surface area contributed by atoms with Crippen LogP contribution in [0.1, 0.15) is 12.5 Å². The van der Waals surface area contributed by atoms with E-state index in [4.69, 9.17) is 13.9 Å². The summed E-state index contributed by atoms with van der Waals surface area (Å²) < 4.78 is 20.2. The fourth-order valence-corrected chi connectivity index (χ4v) is 2.88. The molecule has 0 fully saturated rings. The first-order valence-electron chi connectivity index (χ1n) is 9.01. The molecule has 0 amide bonds. The number of rotatable bonds is 9. The van der Waals surface area contributed by atoms with Crippen LogP contribution in [0, 0.1) is 0 Å². The van der Waals surface area contributed by atoms with Crippen molar-refractivity contribution in [2.45, 2.75) is 6.92 Å². The molecule has 1 heterocycles. The summed E-state index contributed by atoms with van der Waals surface area (Å²) >= 11 is 1.37. The van der Waals surface area contributed by atoms with Gasteiger partial charge in [0.05, 0.1) is 12.3 Å². The second-order valence-electron chi connectivity index (χ2n) is 5.89. The summed E-state index contributed by atoms with van der Waals surface area (Å²) in [5.41, 5.74) is 2.13. The second kappa shape index (κ2) is 10.3. The van der Waals surface area contributed by atoms with E-state index in [0.29, 0.717) is 29.5 Å². The lowest BCUT2D eigenvalue weighted by atomic mass is 10.2. The number of fused-ring (bicyclic) bond motifs is 1. The van der Waals surface area contributed by atoms with Gasteiger partial charge in [0.15, 0.2) is 6.61 Å². The lowest BCUT2D eigenvalue weighted by molar-refractivity contribution is -0.145. The maximum atomic E-state index is 11.4. The molecule has 0 unspecified atom stereocenters. The molecule has 30 heavy (non-hydrogen) atoms. The molecule has 9 heteroatoms. The number of nitrogens with zero attached hydrogens (tertiary/aromatic N) is 3. The van der Waals surface area contributed by atoms with Crippen LogP contribution in [0.25, 0.3) is 11.0 Å². The van der Waals surface area contributed by atoms with Gasteiger partial charge in [0.1, 0.15) is 11.3 Å². The topological polar surface area (TPSA) is 93.7 Å². The standard InChI is InChI=1S/C21H19N3O5S/c1-3-27-21(26)13-28-18-7-5-17(6-8-18)24(22-14-25)20-11-16-10-15(12-23-30-2)4-9-19(16)29-20/h4-12H,3,13H2,1-2H3/b23-12+. The van der Waals surface area contributed by atoms with E-state index in [2.05, 4.69) is 9.50 Å². The summed E-state index contributed by atoms with van der Waals surface area (Å²) in [6.07, 6.45) is 5.18. The molecule has 0 radical (unpaired) electrons. The number of furan rings is 1. The van der Waals surface area contributed by atoms with Crippen molar-refractivity contribution in [3.8, 4) is 5.75 Å². The van der Waals surface area contributed by atoms with Gasteiger partial charge in [-0.2, -0.15) is 5.01 Å². The number of esters is 1. The normalized spacial score (nSPS) is 10.7. The van der Waals surface area contributed by atoms with Crippen molar-refractivity contribution in [3.63, 3.8) is 0 Å². The molecule has 0 atom stereocenters. The average Bonchev–Trinajstić information content (AvgIpc) is 3.18. The summed E-state index contributed by atoms with van der Waals surface area (Å²) in [5.74, 6) is 0.384. The average molecular weight is 425 g/mol. The summed E-state index contributed by atoms with van der Waals surface area (Å²) in [7, 11) is 0. The number of hydrogen-bond donors (Lipinski definition) is 0. The third-order valence-corrected chi connectivity index (χ3v) is 4.24. The largest absolute Gasteiger partial charge is 0.482 e. The van der Waals surface area contributed by atoms with E-state index < -0.39 is 5.97 Å². The fourth-order valence-electron chi connectivity index (χ4n) is 2.65. The minimum Gasteiger partial charge on any atom is -0.482 e. The van der Waals surface area contributed by atoms with Crippen molar-refractivity contribution in [3.05, 3.63) is 54.1 Å². The monoisotopic (exact) mass is 425 g/mol. The van der Waals surface area contributed by atoms with Crippen LogP contribution in [0.3, 0.4) is 0 Å². The number of hydrazone groups is 1. The molecule has 154 valence electrons. The first kappa shape index (κ1) is 21.2. The smallest absolute Gasteiger partial charge is 0.344 e. The highest BCUT2D eigenvalue weighted by Crippen LogP contribution is 2.32. The Balaban J connectivity index is 1.82. The molecule has 0 N–H and O–H groups in total. The molecule has 8 nitrogen and oxygen atoms in total. The summed E-state index contributed by atoms with van der Waals surface area (Å²) in [4.78, 5) is 22.4. The number of carbonyl (C=O) groups is 1. The Morgan fingerprint density at radius 1 is 1.23 bits per heavy atom. The van der Waals surface area contributed by atoms with E-state index in [0.717, 1.165) is 10.9 Å². The number of hydrogen-bond acceptors (Lipinski definition) is 9. The maximum absolute atomic E-state index is 11.4. The van der Waals surface area contributed by atoms with Crippen molar-refractivity contribution >= 4 is 52.8 Å². The van der Waals surface area contributed by atoms with Gasteiger partial charge in [0.25, 0.3) is 6.08 Å². The highest BCUT2D eigenvalue weighted by atomic mass is 32.2. The van der Waals surface area contributed by atoms with Crippen LogP contribution in [0.2, 0.25) is 0 Å². The zero-order chi connectivity index (χ0) is 21.3. The Kier molecular flexibility index (Phi) is 7.26. The number of ether oxygens (including phenoxy) is 2. The third-order valence-electron chi connectivity index (χ3n) is 3.93. The quantitative estimate of drug-likeness (QED) is 0.164. The summed E-state index contributed by atoms with van der Waals surface area (Å²) in [6.45, 7) is 1.84. The number of isocyanates is 1. The van der Waals surface area contributed by atoms with Crippen molar-refractivity contribution in [2.24, 2.45) is 9.50 Å². The molecule has 3 aromatic rings. The highest BCUT2D eigenvalue weighted by Gasteiger charge is 2.15. The molecule has 0 spiro atoms. The van der Waals surface area contributed by atoms with Crippen molar-refractivity contribution < 1.29 is 23.5 Å². The minimum atomic E-state index is -0.446. The van der Waals surface area contributed by atoms with Gasteiger partial charge in [-0.3, -0.25) is 0 Å². The minimum absolute atomic E-state index is 0.185. The van der Waals surface area contributed by atoms with E-state index in [1.54, 1.807) is 49.6 Å². The van der Waals surface area contributed by atoms with Gasteiger partial charge in [-0.25, -0.2) is 14.0 Å². The van der Waals surface area contributed by atoms with Crippen molar-refractivity contribution in [1.82, 2.24) is 0 Å². The van der Waals surface area contributed by atoms with E-state index in [1.165, 1.54) is 17.0 Å². The van der Waals surface area contributed by atoms with Gasteiger partial charge < -0.3 is 13.9 Å². The fraction of sp³-hybridized carbons (Fsp3) is 0.190. The van der Waals surface area contributed by atoms with Crippen LogP contribution in [-0.4, -0.2) is 37.7 Å². The Labute approximate surface area is 177 Å². The second-order valence-corrected chi connectivity index (χ2v) is 6.47. The van der Waals surface area contributed by atoms with Gasteiger partial charge in [0.2, 0.25) is 5.88 Å². The highest BCUT2D eigenvalue weighted by molar-refractivity contribution is 7.97. The molecule has 0 saturated carbocycles. The van der Waals surface area contributed by atoms with Gasteiger partial charge in [-0.1, -0.05) is 5.10 Å². The predicted octanol–water partition coefficient (Wildman–Crippen LogP) is 4.46. The van der Waals surface area contributed by atoms with Crippen molar-refractivity contribution in [2.75, 3.05) is 24.5 Å². The van der Waals surface area contributed by atoms with Crippen LogP contribution >= 0.6 is 11.9 Å².